The summed E-state index contributed by atoms with van der Waals surface area (Å²) in [5, 5.41) is 12.2. The van der Waals surface area contributed by atoms with E-state index in [1.807, 2.05) is 44.2 Å². The molecule has 3 atom stereocenters. The molecule has 0 spiro atoms. The third kappa shape index (κ3) is 6.98. The van der Waals surface area contributed by atoms with Gasteiger partial charge in [0.1, 0.15) is 6.04 Å². The van der Waals surface area contributed by atoms with Gasteiger partial charge in [0.05, 0.1) is 0 Å². The van der Waals surface area contributed by atoms with E-state index in [1.165, 1.54) is 5.56 Å². The van der Waals surface area contributed by atoms with Crippen molar-refractivity contribution >= 4 is 18.6 Å². The third-order valence-corrected chi connectivity index (χ3v) is 3.95. The molecule has 0 aliphatic heterocycles. The molecule has 0 saturated carbocycles. The van der Waals surface area contributed by atoms with Crippen LogP contribution in [-0.4, -0.2) is 35.0 Å². The Balaban J connectivity index is 2.44. The number of benzene rings is 1. The van der Waals surface area contributed by atoms with Crippen molar-refractivity contribution in [3.63, 3.8) is 0 Å². The van der Waals surface area contributed by atoms with Crippen LogP contribution in [-0.2, 0) is 11.2 Å². The van der Waals surface area contributed by atoms with E-state index in [9.17, 15) is 9.90 Å². The van der Waals surface area contributed by atoms with Crippen molar-refractivity contribution in [3.8, 4) is 0 Å². The van der Waals surface area contributed by atoms with Crippen LogP contribution < -0.4 is 11.1 Å². The highest BCUT2D eigenvalue weighted by atomic mass is 32.1. The standard InChI is InChI=1S/C16H26N2O2S/c1-11(2)8-14(16(19)20)18-10-15(21)13(17)9-12-6-4-3-5-7-12/h3-7,11,13-15,18,21H,8-10,17H2,1-2H3,(H,19,20)/t13-,14-,15-/m0/s1. The molecule has 4 nitrogen and oxygen atoms in total. The van der Waals surface area contributed by atoms with Crippen molar-refractivity contribution in [2.75, 3.05) is 6.54 Å². The van der Waals surface area contributed by atoms with E-state index in [0.29, 0.717) is 18.9 Å². The lowest BCUT2D eigenvalue weighted by molar-refractivity contribution is -0.139. The highest BCUT2D eigenvalue weighted by molar-refractivity contribution is 7.81. The summed E-state index contributed by atoms with van der Waals surface area (Å²) < 4.78 is 0. The number of carboxylic acid groups (broad SMARTS) is 1. The fourth-order valence-corrected chi connectivity index (χ4v) is 2.39. The van der Waals surface area contributed by atoms with Crippen molar-refractivity contribution in [1.82, 2.24) is 5.32 Å². The molecule has 0 heterocycles. The number of aliphatic carboxylic acids is 1. The molecule has 0 unspecified atom stereocenters. The Morgan fingerprint density at radius 3 is 2.48 bits per heavy atom. The van der Waals surface area contributed by atoms with Gasteiger partial charge in [-0.3, -0.25) is 4.79 Å². The zero-order valence-corrected chi connectivity index (χ0v) is 13.6. The zero-order valence-electron chi connectivity index (χ0n) is 12.7. The number of nitrogens with two attached hydrogens (primary N) is 1. The molecule has 1 aromatic rings. The molecule has 1 aromatic carbocycles. The first-order valence-electron chi connectivity index (χ1n) is 7.34. The Morgan fingerprint density at radius 2 is 1.95 bits per heavy atom. The monoisotopic (exact) mass is 310 g/mol. The van der Waals surface area contributed by atoms with Crippen LogP contribution in [0.15, 0.2) is 30.3 Å². The second-order valence-electron chi connectivity index (χ2n) is 5.85. The quantitative estimate of drug-likeness (QED) is 0.526. The van der Waals surface area contributed by atoms with Crippen LogP contribution in [0.1, 0.15) is 25.8 Å². The van der Waals surface area contributed by atoms with Gasteiger partial charge in [-0.25, -0.2) is 0 Å². The average Bonchev–Trinajstić information content (AvgIpc) is 2.43. The second kappa shape index (κ2) is 9.07. The molecule has 0 radical (unpaired) electrons. The van der Waals surface area contributed by atoms with Gasteiger partial charge in [-0.15, -0.1) is 0 Å². The van der Waals surface area contributed by atoms with E-state index in [4.69, 9.17) is 5.73 Å². The highest BCUT2D eigenvalue weighted by Crippen LogP contribution is 2.10. The van der Waals surface area contributed by atoms with Crippen molar-refractivity contribution in [3.05, 3.63) is 35.9 Å². The van der Waals surface area contributed by atoms with Crippen LogP contribution >= 0.6 is 12.6 Å². The van der Waals surface area contributed by atoms with Gasteiger partial charge < -0.3 is 16.2 Å². The molecule has 1 rings (SSSR count). The topological polar surface area (TPSA) is 75.3 Å². The molecule has 0 aliphatic rings. The van der Waals surface area contributed by atoms with Crippen LogP contribution in [0.2, 0.25) is 0 Å². The van der Waals surface area contributed by atoms with Gasteiger partial charge in [-0.1, -0.05) is 44.2 Å². The normalized spacial score (nSPS) is 15.7. The third-order valence-electron chi connectivity index (χ3n) is 3.39. The molecule has 21 heavy (non-hydrogen) atoms. The first-order chi connectivity index (χ1) is 9.90. The van der Waals surface area contributed by atoms with Gasteiger partial charge in [0, 0.05) is 17.8 Å². The highest BCUT2D eigenvalue weighted by Gasteiger charge is 2.21. The van der Waals surface area contributed by atoms with E-state index in [2.05, 4.69) is 17.9 Å². The van der Waals surface area contributed by atoms with E-state index < -0.39 is 12.0 Å². The predicted molar refractivity (Wildman–Crippen MR) is 89.8 cm³/mol. The van der Waals surface area contributed by atoms with E-state index in [1.54, 1.807) is 0 Å². The smallest absolute Gasteiger partial charge is 0.320 e. The lowest BCUT2D eigenvalue weighted by atomic mass is 10.0. The van der Waals surface area contributed by atoms with Crippen LogP contribution in [0.25, 0.3) is 0 Å². The first-order valence-corrected chi connectivity index (χ1v) is 7.85. The maximum absolute atomic E-state index is 11.2. The molecule has 0 fully saturated rings. The van der Waals surface area contributed by atoms with Crippen LogP contribution in [0.5, 0.6) is 0 Å². The SMILES string of the molecule is CC(C)C[C@H](NC[C@H](S)[C@@H](N)Cc1ccccc1)C(=O)O. The number of nitrogens with one attached hydrogen (secondary N) is 1. The van der Waals surface area contributed by atoms with Gasteiger partial charge >= 0.3 is 5.97 Å². The Kier molecular flexibility index (Phi) is 7.78. The van der Waals surface area contributed by atoms with Gasteiger partial charge in [0.15, 0.2) is 0 Å². The van der Waals surface area contributed by atoms with Crippen LogP contribution in [0.4, 0.5) is 0 Å². The Hall–Kier alpha value is -1.04. The summed E-state index contributed by atoms with van der Waals surface area (Å²) in [5.41, 5.74) is 7.32. The largest absolute Gasteiger partial charge is 0.480 e. The molecule has 4 N–H and O–H groups in total. The summed E-state index contributed by atoms with van der Waals surface area (Å²) in [6, 6.07) is 9.35. The van der Waals surface area contributed by atoms with Crippen molar-refractivity contribution in [1.29, 1.82) is 0 Å². The molecule has 0 saturated heterocycles. The number of thiol groups is 1. The summed E-state index contributed by atoms with van der Waals surface area (Å²) in [7, 11) is 0. The minimum absolute atomic E-state index is 0.0841. The number of hydrogen-bond donors (Lipinski definition) is 4. The molecular formula is C16H26N2O2S. The number of hydrogen-bond acceptors (Lipinski definition) is 4. The number of carbonyl (C=O) groups is 1. The maximum Gasteiger partial charge on any atom is 0.320 e. The van der Waals surface area contributed by atoms with Crippen molar-refractivity contribution < 1.29 is 9.90 Å². The molecular weight excluding hydrogens is 284 g/mol. The summed E-state index contributed by atoms with van der Waals surface area (Å²) in [4.78, 5) is 11.2. The van der Waals surface area contributed by atoms with Gasteiger partial charge in [-0.05, 0) is 24.3 Å². The average molecular weight is 310 g/mol. The summed E-state index contributed by atoms with van der Waals surface area (Å²) >= 11 is 4.51. The molecule has 0 bridgehead atoms. The minimum Gasteiger partial charge on any atom is -0.480 e. The molecule has 5 heteroatoms. The summed E-state index contributed by atoms with van der Waals surface area (Å²) in [6.45, 7) is 4.51. The van der Waals surface area contributed by atoms with Crippen LogP contribution in [0.3, 0.4) is 0 Å². The maximum atomic E-state index is 11.2. The predicted octanol–water partition coefficient (Wildman–Crippen LogP) is 1.94. The Morgan fingerprint density at radius 1 is 1.33 bits per heavy atom. The fraction of sp³-hybridized carbons (Fsp3) is 0.562. The van der Waals surface area contributed by atoms with Gasteiger partial charge in [0.2, 0.25) is 0 Å². The van der Waals surface area contributed by atoms with Crippen LogP contribution in [0, 0.1) is 5.92 Å². The Labute approximate surface area is 132 Å². The van der Waals surface area contributed by atoms with Gasteiger partial charge in [-0.2, -0.15) is 12.6 Å². The Bertz CT molecular complexity index is 426. The summed E-state index contributed by atoms with van der Waals surface area (Å²) in [6.07, 6.45) is 1.34. The number of rotatable bonds is 9. The van der Waals surface area contributed by atoms with Crippen molar-refractivity contribution in [2.24, 2.45) is 11.7 Å². The van der Waals surface area contributed by atoms with E-state index in [-0.39, 0.29) is 11.3 Å². The zero-order chi connectivity index (χ0) is 15.8. The van der Waals surface area contributed by atoms with E-state index in [0.717, 1.165) is 6.42 Å². The number of carboxylic acids is 1. The van der Waals surface area contributed by atoms with Gasteiger partial charge in [0.25, 0.3) is 0 Å². The second-order valence-corrected chi connectivity index (χ2v) is 6.51. The van der Waals surface area contributed by atoms with Crippen molar-refractivity contribution in [2.45, 2.75) is 44.0 Å². The minimum atomic E-state index is -0.819. The molecule has 0 aromatic heterocycles. The molecule has 0 aliphatic carbocycles. The van der Waals surface area contributed by atoms with E-state index >= 15 is 0 Å². The lowest BCUT2D eigenvalue weighted by Gasteiger charge is -2.23. The summed E-state index contributed by atoms with van der Waals surface area (Å²) in [5.74, 6) is -0.490. The lowest BCUT2D eigenvalue weighted by Crippen LogP contribution is -2.46. The first kappa shape index (κ1) is 18.0. The molecule has 118 valence electrons. The fourth-order valence-electron chi connectivity index (χ4n) is 2.18. The molecule has 0 amide bonds.